The molecule has 21 heavy (non-hydrogen) atoms. The summed E-state index contributed by atoms with van der Waals surface area (Å²) in [6.07, 6.45) is 3.49. The number of nitrogens with zero attached hydrogens (tertiary/aromatic N) is 2. The normalized spacial score (nSPS) is 13.3. The Morgan fingerprint density at radius 3 is 3.10 bits per heavy atom. The average Bonchev–Trinajstić information content (AvgIpc) is 3.16. The Bertz CT molecular complexity index is 723. The topological polar surface area (TPSA) is 88.1 Å². The van der Waals surface area contributed by atoms with Crippen LogP contribution in [0.25, 0.3) is 0 Å². The molecule has 1 aliphatic rings. The van der Waals surface area contributed by atoms with Crippen LogP contribution in [0.4, 0.5) is 0 Å². The smallest absolute Gasteiger partial charge is 0.362 e. The van der Waals surface area contributed by atoms with Gasteiger partial charge in [-0.3, -0.25) is 0 Å². The van der Waals surface area contributed by atoms with Gasteiger partial charge in [0.25, 0.3) is 5.88 Å². The van der Waals surface area contributed by atoms with Gasteiger partial charge in [0.15, 0.2) is 0 Å². The molecule has 106 valence electrons. The minimum absolute atomic E-state index is 0.00518. The number of carboxylic acid groups (broad SMARTS) is 1. The van der Waals surface area contributed by atoms with Gasteiger partial charge in [0.1, 0.15) is 5.75 Å². The van der Waals surface area contributed by atoms with E-state index in [2.05, 4.69) is 27.3 Å². The van der Waals surface area contributed by atoms with Crippen LogP contribution in [0, 0.1) is 17.8 Å². The van der Waals surface area contributed by atoms with E-state index in [-0.39, 0.29) is 11.6 Å². The Labute approximate surface area is 121 Å². The van der Waals surface area contributed by atoms with Crippen LogP contribution in [-0.4, -0.2) is 26.5 Å². The van der Waals surface area contributed by atoms with Crippen molar-refractivity contribution in [1.82, 2.24) is 15.4 Å². The standard InChI is InChI=1S/C15H13N3O3/c19-15(20)13-14(17-18-16-13)21-12-6-2-5-11(9-12)4-1-3-10-7-8-10/h2,5-6,9-10H,3,7-8H2,(H,19,20)(H,16,17,18). The quantitative estimate of drug-likeness (QED) is 0.841. The van der Waals surface area contributed by atoms with Crippen LogP contribution >= 0.6 is 0 Å². The second kappa shape index (κ2) is 5.67. The van der Waals surface area contributed by atoms with E-state index in [1.54, 1.807) is 18.2 Å². The Balaban J connectivity index is 1.74. The molecule has 1 saturated carbocycles. The molecular formula is C15H13N3O3. The van der Waals surface area contributed by atoms with E-state index in [9.17, 15) is 4.79 Å². The van der Waals surface area contributed by atoms with E-state index < -0.39 is 5.97 Å². The van der Waals surface area contributed by atoms with Crippen molar-refractivity contribution in [3.63, 3.8) is 0 Å². The molecule has 0 spiro atoms. The zero-order valence-electron chi connectivity index (χ0n) is 11.2. The number of nitrogens with one attached hydrogen (secondary N) is 1. The number of hydrogen-bond acceptors (Lipinski definition) is 4. The van der Waals surface area contributed by atoms with Crippen molar-refractivity contribution < 1.29 is 14.6 Å². The second-order valence-electron chi connectivity index (χ2n) is 4.87. The van der Waals surface area contributed by atoms with Gasteiger partial charge in [0, 0.05) is 12.0 Å². The van der Waals surface area contributed by atoms with Crippen LogP contribution in [0.2, 0.25) is 0 Å². The van der Waals surface area contributed by atoms with Gasteiger partial charge >= 0.3 is 5.97 Å². The number of benzene rings is 1. The lowest BCUT2D eigenvalue weighted by Crippen LogP contribution is -1.99. The first kappa shape index (κ1) is 13.2. The molecule has 1 fully saturated rings. The maximum absolute atomic E-state index is 10.9. The van der Waals surface area contributed by atoms with E-state index in [1.165, 1.54) is 12.8 Å². The van der Waals surface area contributed by atoms with Gasteiger partial charge in [-0.25, -0.2) is 9.89 Å². The van der Waals surface area contributed by atoms with E-state index in [1.807, 2.05) is 6.07 Å². The van der Waals surface area contributed by atoms with Crippen molar-refractivity contribution >= 4 is 5.97 Å². The van der Waals surface area contributed by atoms with Crippen molar-refractivity contribution in [3.8, 4) is 23.5 Å². The fourth-order valence-electron chi connectivity index (χ4n) is 1.80. The summed E-state index contributed by atoms with van der Waals surface area (Å²) < 4.78 is 5.46. The molecule has 0 radical (unpaired) electrons. The van der Waals surface area contributed by atoms with Gasteiger partial charge in [-0.2, -0.15) is 0 Å². The van der Waals surface area contributed by atoms with Crippen LogP contribution in [0.3, 0.4) is 0 Å². The molecule has 2 N–H and O–H groups in total. The Morgan fingerprint density at radius 2 is 2.33 bits per heavy atom. The number of ether oxygens (including phenoxy) is 1. The maximum Gasteiger partial charge on any atom is 0.362 e. The van der Waals surface area contributed by atoms with E-state index in [0.717, 1.165) is 17.9 Å². The summed E-state index contributed by atoms with van der Waals surface area (Å²) >= 11 is 0. The van der Waals surface area contributed by atoms with Gasteiger partial charge in [0.2, 0.25) is 5.69 Å². The number of rotatable bonds is 4. The Kier molecular flexibility index (Phi) is 3.56. The van der Waals surface area contributed by atoms with E-state index in [0.29, 0.717) is 5.75 Å². The largest absolute Gasteiger partial charge is 0.476 e. The molecule has 3 rings (SSSR count). The van der Waals surface area contributed by atoms with Gasteiger partial charge < -0.3 is 9.84 Å². The third-order valence-electron chi connectivity index (χ3n) is 3.09. The minimum Gasteiger partial charge on any atom is -0.476 e. The molecule has 1 heterocycles. The summed E-state index contributed by atoms with van der Waals surface area (Å²) in [6, 6.07) is 7.17. The fraction of sp³-hybridized carbons (Fsp3) is 0.267. The molecule has 0 unspecified atom stereocenters. The Hall–Kier alpha value is -2.81. The minimum atomic E-state index is -1.20. The van der Waals surface area contributed by atoms with Gasteiger partial charge in [-0.1, -0.05) is 23.1 Å². The molecule has 0 bridgehead atoms. The number of H-pyrrole nitrogens is 1. The molecule has 6 nitrogen and oxygen atoms in total. The zero-order valence-corrected chi connectivity index (χ0v) is 11.2. The van der Waals surface area contributed by atoms with Crippen molar-refractivity contribution in [3.05, 3.63) is 35.5 Å². The molecule has 0 atom stereocenters. The van der Waals surface area contributed by atoms with Crippen molar-refractivity contribution in [2.45, 2.75) is 19.3 Å². The molecule has 1 aromatic heterocycles. The molecule has 0 aliphatic heterocycles. The summed E-state index contributed by atoms with van der Waals surface area (Å²) in [5.41, 5.74) is 0.581. The van der Waals surface area contributed by atoms with Crippen molar-refractivity contribution in [2.75, 3.05) is 0 Å². The summed E-state index contributed by atoms with van der Waals surface area (Å²) in [4.78, 5) is 10.9. The molecule has 1 aromatic carbocycles. The molecule has 0 saturated heterocycles. The number of carbonyl (C=O) groups is 1. The SMILES string of the molecule is O=C(O)c1nn[nH]c1Oc1cccc(C#CCC2CC2)c1. The van der Waals surface area contributed by atoms with Crippen LogP contribution in [0.1, 0.15) is 35.3 Å². The Morgan fingerprint density at radius 1 is 1.48 bits per heavy atom. The number of hydrogen-bond donors (Lipinski definition) is 2. The number of aromatic nitrogens is 3. The first-order valence-electron chi connectivity index (χ1n) is 6.63. The van der Waals surface area contributed by atoms with Gasteiger partial charge in [-0.05, 0) is 37.0 Å². The van der Waals surface area contributed by atoms with Crippen molar-refractivity contribution in [1.29, 1.82) is 0 Å². The molecule has 1 aliphatic carbocycles. The lowest BCUT2D eigenvalue weighted by molar-refractivity contribution is 0.0687. The first-order valence-corrected chi connectivity index (χ1v) is 6.63. The highest BCUT2D eigenvalue weighted by atomic mass is 16.5. The lowest BCUT2D eigenvalue weighted by atomic mass is 10.2. The van der Waals surface area contributed by atoms with Crippen molar-refractivity contribution in [2.24, 2.45) is 5.92 Å². The first-order chi connectivity index (χ1) is 10.2. The van der Waals surface area contributed by atoms with Crippen LogP contribution in [0.15, 0.2) is 24.3 Å². The zero-order chi connectivity index (χ0) is 14.7. The number of aromatic carboxylic acids is 1. The molecule has 6 heteroatoms. The van der Waals surface area contributed by atoms with Crippen LogP contribution < -0.4 is 4.74 Å². The fourth-order valence-corrected chi connectivity index (χ4v) is 1.80. The predicted octanol–water partition coefficient (Wildman–Crippen LogP) is 2.45. The highest BCUT2D eigenvalue weighted by Crippen LogP contribution is 2.31. The predicted molar refractivity (Wildman–Crippen MR) is 74.1 cm³/mol. The number of aromatic amines is 1. The number of carboxylic acids is 1. The third-order valence-corrected chi connectivity index (χ3v) is 3.09. The molecular weight excluding hydrogens is 270 g/mol. The monoisotopic (exact) mass is 283 g/mol. The van der Waals surface area contributed by atoms with Crippen LogP contribution in [0.5, 0.6) is 11.6 Å². The summed E-state index contributed by atoms with van der Waals surface area (Å²) in [7, 11) is 0. The lowest BCUT2D eigenvalue weighted by Gasteiger charge is -2.03. The highest BCUT2D eigenvalue weighted by Gasteiger charge is 2.19. The second-order valence-corrected chi connectivity index (χ2v) is 4.87. The molecule has 2 aromatic rings. The van der Waals surface area contributed by atoms with Gasteiger partial charge in [-0.15, -0.1) is 5.10 Å². The highest BCUT2D eigenvalue weighted by molar-refractivity contribution is 5.87. The van der Waals surface area contributed by atoms with Gasteiger partial charge in [0.05, 0.1) is 0 Å². The third kappa shape index (κ3) is 3.39. The average molecular weight is 283 g/mol. The summed E-state index contributed by atoms with van der Waals surface area (Å²) in [5.74, 6) is 6.30. The summed E-state index contributed by atoms with van der Waals surface area (Å²) in [5, 5.41) is 18.2. The summed E-state index contributed by atoms with van der Waals surface area (Å²) in [6.45, 7) is 0. The molecule has 0 amide bonds. The maximum atomic E-state index is 10.9. The van der Waals surface area contributed by atoms with E-state index in [4.69, 9.17) is 9.84 Å². The van der Waals surface area contributed by atoms with E-state index >= 15 is 0 Å². The van der Waals surface area contributed by atoms with Crippen LogP contribution in [-0.2, 0) is 0 Å².